The molecule has 2 heterocycles. The Morgan fingerprint density at radius 2 is 2.12 bits per heavy atom. The van der Waals surface area contributed by atoms with Gasteiger partial charge < -0.3 is 14.2 Å². The highest BCUT2D eigenvalue weighted by Gasteiger charge is 2.38. The molecule has 2 amide bonds. The van der Waals surface area contributed by atoms with E-state index in [0.717, 1.165) is 11.5 Å². The molecule has 1 atom stereocenters. The second-order valence-electron chi connectivity index (χ2n) is 4.60. The Kier molecular flexibility index (Phi) is 2.66. The summed E-state index contributed by atoms with van der Waals surface area (Å²) in [4.78, 5) is 15.6. The summed E-state index contributed by atoms with van der Waals surface area (Å²) >= 11 is 0. The van der Waals surface area contributed by atoms with Crippen LogP contribution in [0.1, 0.15) is 31.4 Å². The summed E-state index contributed by atoms with van der Waals surface area (Å²) < 4.78 is 5.59. The van der Waals surface area contributed by atoms with Gasteiger partial charge >= 0.3 is 6.03 Å². The minimum Gasteiger partial charge on any atom is -0.464 e. The van der Waals surface area contributed by atoms with Crippen LogP contribution in [0.2, 0.25) is 0 Å². The molecular weight excluding hydrogens is 204 g/mol. The van der Waals surface area contributed by atoms with Crippen molar-refractivity contribution in [3.63, 3.8) is 0 Å². The van der Waals surface area contributed by atoms with Gasteiger partial charge in [0.1, 0.15) is 17.6 Å². The van der Waals surface area contributed by atoms with E-state index in [1.165, 1.54) is 0 Å². The first kappa shape index (κ1) is 11.0. The molecule has 0 spiro atoms. The lowest BCUT2D eigenvalue weighted by Gasteiger charge is -2.19. The third kappa shape index (κ3) is 1.68. The predicted molar refractivity (Wildman–Crippen MR) is 61.2 cm³/mol. The first-order valence-corrected chi connectivity index (χ1v) is 5.60. The van der Waals surface area contributed by atoms with Gasteiger partial charge in [0.05, 0.1) is 6.54 Å². The maximum atomic E-state index is 11.9. The number of rotatable bonds is 2. The van der Waals surface area contributed by atoms with Crippen molar-refractivity contribution in [1.82, 2.24) is 9.80 Å². The van der Waals surface area contributed by atoms with Crippen molar-refractivity contribution in [2.24, 2.45) is 0 Å². The van der Waals surface area contributed by atoms with Crippen molar-refractivity contribution in [3.8, 4) is 0 Å². The Balaban J connectivity index is 2.22. The number of amides is 2. The van der Waals surface area contributed by atoms with Gasteiger partial charge in [0.2, 0.25) is 0 Å². The summed E-state index contributed by atoms with van der Waals surface area (Å²) in [5.41, 5.74) is 0. The average molecular weight is 222 g/mol. The van der Waals surface area contributed by atoms with Crippen molar-refractivity contribution >= 4 is 6.03 Å². The van der Waals surface area contributed by atoms with E-state index in [1.54, 1.807) is 4.90 Å². The highest BCUT2D eigenvalue weighted by atomic mass is 16.3. The molecule has 1 aromatic rings. The Bertz CT molecular complexity index is 397. The second-order valence-corrected chi connectivity index (χ2v) is 4.60. The van der Waals surface area contributed by atoms with Gasteiger partial charge in [-0.2, -0.15) is 0 Å². The zero-order valence-corrected chi connectivity index (χ0v) is 10.2. The standard InChI is InChI=1S/C12H18N2O2/c1-8(2)14-7-10(13(4)12(14)15)11-6-5-9(3)16-11/h5-6,8,10H,7H2,1-4H3. The topological polar surface area (TPSA) is 36.7 Å². The van der Waals surface area contributed by atoms with Crippen LogP contribution < -0.4 is 0 Å². The van der Waals surface area contributed by atoms with E-state index in [9.17, 15) is 4.79 Å². The molecule has 1 fully saturated rings. The monoisotopic (exact) mass is 222 g/mol. The molecule has 88 valence electrons. The van der Waals surface area contributed by atoms with Gasteiger partial charge in [-0.3, -0.25) is 0 Å². The number of aryl methyl sites for hydroxylation is 1. The summed E-state index contributed by atoms with van der Waals surface area (Å²) in [5.74, 6) is 1.76. The van der Waals surface area contributed by atoms with Crippen LogP contribution in [0.25, 0.3) is 0 Å². The fourth-order valence-corrected chi connectivity index (χ4v) is 2.07. The third-order valence-corrected chi connectivity index (χ3v) is 3.10. The maximum Gasteiger partial charge on any atom is 0.320 e. The molecule has 0 N–H and O–H groups in total. The number of urea groups is 1. The van der Waals surface area contributed by atoms with E-state index in [4.69, 9.17) is 4.42 Å². The number of hydrogen-bond donors (Lipinski definition) is 0. The lowest BCUT2D eigenvalue weighted by atomic mass is 10.2. The number of furan rings is 1. The molecule has 0 radical (unpaired) electrons. The molecule has 4 heteroatoms. The van der Waals surface area contributed by atoms with Crippen LogP contribution in [0.15, 0.2) is 16.5 Å². The fraction of sp³-hybridized carbons (Fsp3) is 0.583. The van der Waals surface area contributed by atoms with Crippen LogP contribution in [-0.4, -0.2) is 35.5 Å². The highest BCUT2D eigenvalue weighted by molar-refractivity contribution is 5.77. The van der Waals surface area contributed by atoms with Crippen molar-refractivity contribution in [1.29, 1.82) is 0 Å². The Morgan fingerprint density at radius 3 is 2.56 bits per heavy atom. The van der Waals surface area contributed by atoms with Gasteiger partial charge in [-0.05, 0) is 32.9 Å². The molecule has 1 saturated heterocycles. The normalized spacial score (nSPS) is 21.3. The summed E-state index contributed by atoms with van der Waals surface area (Å²) in [6.45, 7) is 6.68. The summed E-state index contributed by atoms with van der Waals surface area (Å²) in [6, 6.07) is 4.24. The van der Waals surface area contributed by atoms with Crippen LogP contribution in [0.5, 0.6) is 0 Å². The lowest BCUT2D eigenvalue weighted by molar-refractivity contribution is 0.186. The second kappa shape index (κ2) is 3.85. The maximum absolute atomic E-state index is 11.9. The van der Waals surface area contributed by atoms with Gasteiger partial charge in [-0.1, -0.05) is 0 Å². The van der Waals surface area contributed by atoms with E-state index in [2.05, 4.69) is 0 Å². The van der Waals surface area contributed by atoms with Crippen molar-refractivity contribution in [2.75, 3.05) is 13.6 Å². The molecular formula is C12H18N2O2. The van der Waals surface area contributed by atoms with E-state index in [1.807, 2.05) is 44.9 Å². The smallest absolute Gasteiger partial charge is 0.320 e. The average Bonchev–Trinajstić information content (AvgIpc) is 2.74. The highest BCUT2D eigenvalue weighted by Crippen LogP contribution is 2.30. The number of nitrogens with zero attached hydrogens (tertiary/aromatic N) is 2. The van der Waals surface area contributed by atoms with E-state index in [0.29, 0.717) is 6.54 Å². The van der Waals surface area contributed by atoms with Gasteiger partial charge in [-0.15, -0.1) is 0 Å². The number of carbonyl (C=O) groups excluding carboxylic acids is 1. The molecule has 2 rings (SSSR count). The number of hydrogen-bond acceptors (Lipinski definition) is 2. The predicted octanol–water partition coefficient (Wildman–Crippen LogP) is 2.40. The van der Waals surface area contributed by atoms with Crippen LogP contribution >= 0.6 is 0 Å². The van der Waals surface area contributed by atoms with Crippen molar-refractivity contribution in [3.05, 3.63) is 23.7 Å². The summed E-state index contributed by atoms with van der Waals surface area (Å²) in [6.07, 6.45) is 0. The zero-order chi connectivity index (χ0) is 11.9. The van der Waals surface area contributed by atoms with Gasteiger partial charge in [0, 0.05) is 13.1 Å². The molecule has 16 heavy (non-hydrogen) atoms. The largest absolute Gasteiger partial charge is 0.464 e. The Morgan fingerprint density at radius 1 is 1.44 bits per heavy atom. The molecule has 1 aliphatic heterocycles. The zero-order valence-electron chi connectivity index (χ0n) is 10.2. The molecule has 0 bridgehead atoms. The van der Waals surface area contributed by atoms with Gasteiger partial charge in [-0.25, -0.2) is 4.79 Å². The SMILES string of the molecule is Cc1ccc(C2CN(C(C)C)C(=O)N2C)o1. The third-order valence-electron chi connectivity index (χ3n) is 3.10. The molecule has 4 nitrogen and oxygen atoms in total. The van der Waals surface area contributed by atoms with Crippen LogP contribution in [0.3, 0.4) is 0 Å². The number of carbonyl (C=O) groups is 1. The van der Waals surface area contributed by atoms with Gasteiger partial charge in [0.15, 0.2) is 0 Å². The molecule has 1 aromatic heterocycles. The number of likely N-dealkylation sites (N-methyl/N-ethyl adjacent to an activating group) is 1. The Hall–Kier alpha value is -1.45. The quantitative estimate of drug-likeness (QED) is 0.770. The molecule has 0 aromatic carbocycles. The van der Waals surface area contributed by atoms with E-state index < -0.39 is 0 Å². The van der Waals surface area contributed by atoms with Crippen LogP contribution in [-0.2, 0) is 0 Å². The van der Waals surface area contributed by atoms with E-state index in [-0.39, 0.29) is 18.1 Å². The van der Waals surface area contributed by atoms with Crippen LogP contribution in [0.4, 0.5) is 4.79 Å². The fourth-order valence-electron chi connectivity index (χ4n) is 2.07. The molecule has 1 aliphatic rings. The molecule has 0 saturated carbocycles. The molecule has 1 unspecified atom stereocenters. The minimum atomic E-state index is 0.0450. The summed E-state index contributed by atoms with van der Waals surface area (Å²) in [7, 11) is 1.83. The minimum absolute atomic E-state index is 0.0450. The Labute approximate surface area is 95.8 Å². The summed E-state index contributed by atoms with van der Waals surface area (Å²) in [5, 5.41) is 0. The van der Waals surface area contributed by atoms with E-state index >= 15 is 0 Å². The first-order chi connectivity index (χ1) is 7.50. The lowest BCUT2D eigenvalue weighted by Crippen LogP contribution is -2.34. The van der Waals surface area contributed by atoms with Crippen molar-refractivity contribution < 1.29 is 9.21 Å². The van der Waals surface area contributed by atoms with Crippen LogP contribution in [0, 0.1) is 6.92 Å². The first-order valence-electron chi connectivity index (χ1n) is 5.60. The molecule has 0 aliphatic carbocycles. The van der Waals surface area contributed by atoms with Crippen molar-refractivity contribution in [2.45, 2.75) is 32.9 Å². The van der Waals surface area contributed by atoms with Gasteiger partial charge in [0.25, 0.3) is 0 Å².